The van der Waals surface area contributed by atoms with Gasteiger partial charge in [-0.15, -0.1) is 0 Å². The van der Waals surface area contributed by atoms with E-state index in [0.29, 0.717) is 39.6 Å². The van der Waals surface area contributed by atoms with Gasteiger partial charge in [0.25, 0.3) is 11.8 Å². The Morgan fingerprint density at radius 1 is 1.17 bits per heavy atom. The summed E-state index contributed by atoms with van der Waals surface area (Å²) in [7, 11) is 0. The molecule has 42 heavy (non-hydrogen) atoms. The number of carbonyl (C=O) groups is 4. The van der Waals surface area contributed by atoms with E-state index in [1.807, 2.05) is 13.8 Å². The molecule has 0 saturated heterocycles. The first-order valence-electron chi connectivity index (χ1n) is 12.9. The Labute approximate surface area is 239 Å². The summed E-state index contributed by atoms with van der Waals surface area (Å²) < 4.78 is 16.1. The third kappa shape index (κ3) is 6.36. The first kappa shape index (κ1) is 29.7. The van der Waals surface area contributed by atoms with Gasteiger partial charge in [-0.25, -0.2) is 14.3 Å². The summed E-state index contributed by atoms with van der Waals surface area (Å²) >= 11 is 0. The maximum Gasteiger partial charge on any atom is 0.425 e. The molecule has 1 unspecified atom stereocenters. The molecule has 0 aliphatic carbocycles. The Bertz CT molecular complexity index is 1610. The predicted molar refractivity (Wildman–Crippen MR) is 149 cm³/mol. The highest BCUT2D eigenvalue weighted by molar-refractivity contribution is 6.19. The van der Waals surface area contributed by atoms with Crippen LogP contribution >= 0.6 is 0 Å². The van der Waals surface area contributed by atoms with Crippen LogP contribution < -0.4 is 21.3 Å². The van der Waals surface area contributed by atoms with Gasteiger partial charge in [-0.2, -0.15) is 10.00 Å². The Morgan fingerprint density at radius 3 is 2.64 bits per heavy atom. The van der Waals surface area contributed by atoms with Crippen LogP contribution in [0.25, 0.3) is 5.52 Å². The number of amides is 3. The number of rotatable bonds is 10. The average Bonchev–Trinajstić information content (AvgIpc) is 3.61. The molecule has 15 nitrogen and oxygen atoms in total. The lowest BCUT2D eigenvalue weighted by molar-refractivity contribution is -0.152. The van der Waals surface area contributed by atoms with E-state index in [1.54, 1.807) is 23.7 Å². The molecule has 0 spiro atoms. The van der Waals surface area contributed by atoms with Crippen molar-refractivity contribution in [1.82, 2.24) is 25.1 Å². The van der Waals surface area contributed by atoms with Crippen LogP contribution in [-0.2, 0) is 14.3 Å². The van der Waals surface area contributed by atoms with Crippen LogP contribution in [0, 0.1) is 13.8 Å². The van der Waals surface area contributed by atoms with E-state index < -0.39 is 30.8 Å². The number of carbonyl (C=O) groups excluding carboxylic acids is 4. The van der Waals surface area contributed by atoms with Gasteiger partial charge in [0.05, 0.1) is 5.56 Å². The molecular formula is C27H30N8O7. The van der Waals surface area contributed by atoms with E-state index >= 15 is 0 Å². The number of hydrogen-bond donors (Lipinski definition) is 3. The van der Waals surface area contributed by atoms with Crippen molar-refractivity contribution in [2.24, 2.45) is 5.73 Å². The molecule has 0 bridgehead atoms. The second kappa shape index (κ2) is 12.9. The molecule has 220 valence electrons. The lowest BCUT2D eigenvalue weighted by Gasteiger charge is -2.19. The maximum atomic E-state index is 13.6. The zero-order valence-electron chi connectivity index (χ0n) is 23.4. The number of fused-ring (bicyclic) bond motifs is 1. The van der Waals surface area contributed by atoms with Crippen molar-refractivity contribution in [1.29, 1.82) is 0 Å². The number of aryl methyl sites for hydroxylation is 2. The van der Waals surface area contributed by atoms with Gasteiger partial charge in [0, 0.05) is 30.1 Å². The number of nitrogens with one attached hydrogen (secondary N) is 2. The largest absolute Gasteiger partial charge is 0.427 e. The van der Waals surface area contributed by atoms with Gasteiger partial charge < -0.3 is 30.4 Å². The average molecular weight is 579 g/mol. The summed E-state index contributed by atoms with van der Waals surface area (Å²) in [6, 6.07) is 5.10. The molecular weight excluding hydrogens is 548 g/mol. The molecule has 0 radical (unpaired) electrons. The highest BCUT2D eigenvalue weighted by Gasteiger charge is 2.29. The Kier molecular flexibility index (Phi) is 9.12. The Balaban J connectivity index is 1.62. The Morgan fingerprint density at radius 2 is 1.95 bits per heavy atom. The topological polar surface area (TPSA) is 196 Å². The van der Waals surface area contributed by atoms with Gasteiger partial charge in [-0.3, -0.25) is 14.4 Å². The number of esters is 1. The number of aromatic nitrogens is 4. The maximum absolute atomic E-state index is 13.6. The minimum Gasteiger partial charge on any atom is -0.427 e. The normalized spacial score (nSPS) is 11.5. The van der Waals surface area contributed by atoms with Crippen LogP contribution in [-0.4, -0.2) is 63.0 Å². The van der Waals surface area contributed by atoms with Crippen molar-refractivity contribution in [3.05, 3.63) is 65.3 Å². The second-order valence-corrected chi connectivity index (χ2v) is 9.26. The highest BCUT2D eigenvalue weighted by Crippen LogP contribution is 2.28. The summed E-state index contributed by atoms with van der Waals surface area (Å²) in [6.07, 6.45) is 3.79. The van der Waals surface area contributed by atoms with Gasteiger partial charge in [-0.05, 0) is 50.5 Å². The molecule has 0 aliphatic rings. The molecule has 3 amide bonds. The number of nitrogens with zero attached hydrogens (tertiary/aromatic N) is 5. The second-order valence-electron chi connectivity index (χ2n) is 9.26. The van der Waals surface area contributed by atoms with E-state index in [4.69, 9.17) is 19.7 Å². The number of imide groups is 1. The van der Waals surface area contributed by atoms with Crippen LogP contribution in [0.1, 0.15) is 52.1 Å². The molecule has 3 heterocycles. The van der Waals surface area contributed by atoms with E-state index in [-0.39, 0.29) is 17.3 Å². The molecule has 4 rings (SSSR count). The van der Waals surface area contributed by atoms with Crippen LogP contribution in [0.3, 0.4) is 0 Å². The first-order chi connectivity index (χ1) is 20.1. The molecule has 3 aromatic heterocycles. The highest BCUT2D eigenvalue weighted by atomic mass is 16.7. The number of hydrogen-bond acceptors (Lipinski definition) is 12. The number of ether oxygens (including phenoxy) is 2. The third-order valence-corrected chi connectivity index (χ3v) is 6.14. The minimum atomic E-state index is -1.16. The lowest BCUT2D eigenvalue weighted by atomic mass is 10.1. The minimum absolute atomic E-state index is 0.0902. The predicted octanol–water partition coefficient (Wildman–Crippen LogP) is 2.85. The van der Waals surface area contributed by atoms with Crippen molar-refractivity contribution >= 4 is 46.7 Å². The monoisotopic (exact) mass is 578 g/mol. The van der Waals surface area contributed by atoms with Crippen LogP contribution in [0.5, 0.6) is 0 Å². The molecule has 1 atom stereocenters. The van der Waals surface area contributed by atoms with Gasteiger partial charge in [0.15, 0.2) is 11.6 Å². The number of anilines is 3. The number of nitrogens with two attached hydrogens (primary N) is 1. The molecule has 15 heteroatoms. The standard InChI is InChI=1S/C27H30N8O7/c1-5-9-29-24(36)19-12-34-22(16(19)3)23(30-13-31-34)32-20-11-18(7-6-15(20)2)25(37)35(21-8-10-42-33-21)27(39)41-14-40-26(38)17(4)28/h6-8,10-13,17H,5,9,14,28H2,1-4H3,(H,29,36)(H,30,31,32). The fourth-order valence-electron chi connectivity index (χ4n) is 3.90. The molecule has 1 aromatic carbocycles. The fraction of sp³-hybridized carbons (Fsp3) is 0.296. The molecule has 4 aromatic rings. The SMILES string of the molecule is CCCNC(=O)c1cn2ncnc(Nc3cc(C(=O)N(C(=O)OCOC(=O)C(C)N)c4ccon4)ccc3C)c2c1C. The van der Waals surface area contributed by atoms with Crippen molar-refractivity contribution in [3.63, 3.8) is 0 Å². The van der Waals surface area contributed by atoms with Gasteiger partial charge in [0.2, 0.25) is 6.79 Å². The lowest BCUT2D eigenvalue weighted by Crippen LogP contribution is -2.39. The fourth-order valence-corrected chi connectivity index (χ4v) is 3.90. The van der Waals surface area contributed by atoms with Crippen molar-refractivity contribution < 1.29 is 33.2 Å². The van der Waals surface area contributed by atoms with E-state index in [9.17, 15) is 19.2 Å². The van der Waals surface area contributed by atoms with E-state index in [0.717, 1.165) is 12.0 Å². The summed E-state index contributed by atoms with van der Waals surface area (Å²) in [5.41, 5.74) is 8.48. The van der Waals surface area contributed by atoms with Crippen LogP contribution in [0.4, 0.5) is 22.1 Å². The first-order valence-corrected chi connectivity index (χ1v) is 12.9. The van der Waals surface area contributed by atoms with Crippen molar-refractivity contribution in [2.45, 2.75) is 40.2 Å². The van der Waals surface area contributed by atoms with Crippen molar-refractivity contribution in [2.75, 3.05) is 23.6 Å². The zero-order valence-corrected chi connectivity index (χ0v) is 23.4. The van der Waals surface area contributed by atoms with E-state index in [2.05, 4.69) is 25.9 Å². The summed E-state index contributed by atoms with van der Waals surface area (Å²) in [4.78, 5) is 55.7. The van der Waals surface area contributed by atoms with Gasteiger partial charge in [0.1, 0.15) is 24.1 Å². The van der Waals surface area contributed by atoms with Gasteiger partial charge in [-0.1, -0.05) is 18.1 Å². The summed E-state index contributed by atoms with van der Waals surface area (Å²) in [6.45, 7) is 6.77. The number of benzene rings is 1. The molecule has 0 saturated carbocycles. The smallest absolute Gasteiger partial charge is 0.425 e. The van der Waals surface area contributed by atoms with E-state index in [1.165, 1.54) is 37.7 Å². The summed E-state index contributed by atoms with van der Waals surface area (Å²) in [5, 5.41) is 14.0. The third-order valence-electron chi connectivity index (χ3n) is 6.14. The zero-order chi connectivity index (χ0) is 30.4. The molecule has 4 N–H and O–H groups in total. The van der Waals surface area contributed by atoms with Crippen LogP contribution in [0.2, 0.25) is 0 Å². The van der Waals surface area contributed by atoms with Crippen molar-refractivity contribution in [3.8, 4) is 0 Å². The molecule has 0 fully saturated rings. The summed E-state index contributed by atoms with van der Waals surface area (Å²) in [5.74, 6) is -1.55. The quantitative estimate of drug-likeness (QED) is 0.184. The Hall–Kier alpha value is -5.31. The van der Waals surface area contributed by atoms with Crippen LogP contribution in [0.15, 0.2) is 47.6 Å². The van der Waals surface area contributed by atoms with Gasteiger partial charge >= 0.3 is 12.1 Å². The molecule has 0 aliphatic heterocycles.